The highest BCUT2D eigenvalue weighted by molar-refractivity contribution is 5.67. The number of pyridine rings is 1. The maximum Gasteiger partial charge on any atom is 0.416 e. The predicted molar refractivity (Wildman–Crippen MR) is 95.6 cm³/mol. The minimum absolute atomic E-state index is 0.0927. The highest BCUT2D eigenvalue weighted by Gasteiger charge is 2.29. The number of nitrogens with one attached hydrogen (secondary N) is 2. The summed E-state index contributed by atoms with van der Waals surface area (Å²) in [6.45, 7) is 0.171. The fourth-order valence-electron chi connectivity index (χ4n) is 2.32. The molecule has 140 valence electrons. The van der Waals surface area contributed by atoms with Crippen molar-refractivity contribution in [3.63, 3.8) is 0 Å². The second-order valence-corrected chi connectivity index (χ2v) is 5.55. The van der Waals surface area contributed by atoms with Gasteiger partial charge in [-0.3, -0.25) is 4.98 Å². The van der Waals surface area contributed by atoms with Crippen LogP contribution in [0.3, 0.4) is 0 Å². The molecule has 0 saturated carbocycles. The summed E-state index contributed by atoms with van der Waals surface area (Å²) in [7, 11) is 0. The van der Waals surface area contributed by atoms with Gasteiger partial charge in [0.1, 0.15) is 5.82 Å². The van der Waals surface area contributed by atoms with Crippen LogP contribution in [0.5, 0.6) is 0 Å². The van der Waals surface area contributed by atoms with Crippen LogP contribution < -0.4 is 10.6 Å². The van der Waals surface area contributed by atoms with E-state index >= 15 is 0 Å². The highest BCUT2D eigenvalue weighted by Crippen LogP contribution is 2.30. The molecule has 3 N–H and O–H groups in total. The van der Waals surface area contributed by atoms with Crippen molar-refractivity contribution in [2.75, 3.05) is 23.8 Å². The third-order valence-electron chi connectivity index (χ3n) is 3.58. The van der Waals surface area contributed by atoms with E-state index in [4.69, 9.17) is 5.11 Å². The Balaban J connectivity index is 1.89. The lowest BCUT2D eigenvalue weighted by Gasteiger charge is -2.12. The SMILES string of the molecule is OCCNc1nc(Nc2ccc(C(F)(F)F)cc2)cc(-c2ccncc2)n1. The molecule has 0 unspecified atom stereocenters. The van der Waals surface area contributed by atoms with Gasteiger partial charge in [0.15, 0.2) is 0 Å². The molecule has 0 fully saturated rings. The number of anilines is 3. The molecule has 0 amide bonds. The van der Waals surface area contributed by atoms with Gasteiger partial charge in [-0.25, -0.2) is 4.98 Å². The van der Waals surface area contributed by atoms with Gasteiger partial charge in [0, 0.05) is 36.3 Å². The molecule has 3 aromatic rings. The van der Waals surface area contributed by atoms with Crippen molar-refractivity contribution in [3.8, 4) is 11.3 Å². The lowest BCUT2D eigenvalue weighted by Crippen LogP contribution is -2.10. The molecule has 0 radical (unpaired) electrons. The van der Waals surface area contributed by atoms with Crippen molar-refractivity contribution in [3.05, 3.63) is 60.4 Å². The third kappa shape index (κ3) is 4.91. The molecule has 0 bridgehead atoms. The summed E-state index contributed by atoms with van der Waals surface area (Å²) in [4.78, 5) is 12.6. The minimum atomic E-state index is -4.39. The topological polar surface area (TPSA) is 83.0 Å². The Hall–Kier alpha value is -3.20. The summed E-state index contributed by atoms with van der Waals surface area (Å²) >= 11 is 0. The molecule has 2 aromatic heterocycles. The zero-order valence-corrected chi connectivity index (χ0v) is 14.0. The third-order valence-corrected chi connectivity index (χ3v) is 3.58. The maximum absolute atomic E-state index is 12.7. The molecular formula is C18H16F3N5O. The summed E-state index contributed by atoms with van der Waals surface area (Å²) in [5.41, 5.74) is 1.13. The monoisotopic (exact) mass is 375 g/mol. The van der Waals surface area contributed by atoms with Crippen molar-refractivity contribution in [1.29, 1.82) is 0 Å². The number of benzene rings is 1. The molecular weight excluding hydrogens is 359 g/mol. The van der Waals surface area contributed by atoms with Gasteiger partial charge in [0.25, 0.3) is 0 Å². The second-order valence-electron chi connectivity index (χ2n) is 5.55. The van der Waals surface area contributed by atoms with Gasteiger partial charge in [-0.2, -0.15) is 18.2 Å². The molecule has 2 heterocycles. The first-order valence-corrected chi connectivity index (χ1v) is 8.04. The maximum atomic E-state index is 12.7. The summed E-state index contributed by atoms with van der Waals surface area (Å²) in [5, 5.41) is 14.8. The summed E-state index contributed by atoms with van der Waals surface area (Å²) in [5.74, 6) is 0.685. The summed E-state index contributed by atoms with van der Waals surface area (Å²) in [6.07, 6.45) is -1.13. The van der Waals surface area contributed by atoms with E-state index in [1.807, 2.05) is 0 Å². The van der Waals surface area contributed by atoms with E-state index in [0.29, 0.717) is 17.2 Å². The number of halogens is 3. The van der Waals surface area contributed by atoms with Crippen molar-refractivity contribution in [1.82, 2.24) is 15.0 Å². The fraction of sp³-hybridized carbons (Fsp3) is 0.167. The van der Waals surface area contributed by atoms with Crippen molar-refractivity contribution < 1.29 is 18.3 Å². The Morgan fingerprint density at radius 1 is 0.963 bits per heavy atom. The van der Waals surface area contributed by atoms with Crippen LogP contribution in [0.4, 0.5) is 30.6 Å². The quantitative estimate of drug-likeness (QED) is 0.609. The van der Waals surface area contributed by atoms with Crippen LogP contribution in [0, 0.1) is 0 Å². The van der Waals surface area contributed by atoms with E-state index in [9.17, 15) is 13.2 Å². The lowest BCUT2D eigenvalue weighted by atomic mass is 10.2. The van der Waals surface area contributed by atoms with E-state index in [-0.39, 0.29) is 19.1 Å². The van der Waals surface area contributed by atoms with E-state index in [1.54, 1.807) is 30.6 Å². The van der Waals surface area contributed by atoms with Gasteiger partial charge in [0.2, 0.25) is 5.95 Å². The number of aromatic nitrogens is 3. The van der Waals surface area contributed by atoms with Gasteiger partial charge < -0.3 is 15.7 Å². The van der Waals surface area contributed by atoms with Crippen LogP contribution in [0.1, 0.15) is 5.56 Å². The Labute approximate surface area is 153 Å². The van der Waals surface area contributed by atoms with Gasteiger partial charge >= 0.3 is 6.18 Å². The standard InChI is InChI=1S/C18H16F3N5O/c19-18(20,21)13-1-3-14(4-2-13)24-16-11-15(12-5-7-22-8-6-12)25-17(26-16)23-9-10-27/h1-8,11,27H,9-10H2,(H2,23,24,25,26). The van der Waals surface area contributed by atoms with Crippen LogP contribution in [-0.2, 0) is 6.18 Å². The fourth-order valence-corrected chi connectivity index (χ4v) is 2.32. The molecule has 6 nitrogen and oxygen atoms in total. The van der Waals surface area contributed by atoms with Crippen LogP contribution >= 0.6 is 0 Å². The van der Waals surface area contributed by atoms with Crippen LogP contribution in [0.2, 0.25) is 0 Å². The molecule has 9 heteroatoms. The normalized spacial score (nSPS) is 11.3. The largest absolute Gasteiger partial charge is 0.416 e. The molecule has 3 rings (SSSR count). The van der Waals surface area contributed by atoms with Gasteiger partial charge in [0.05, 0.1) is 17.9 Å². The Bertz CT molecular complexity index is 886. The molecule has 1 aromatic carbocycles. The van der Waals surface area contributed by atoms with Crippen LogP contribution in [0.15, 0.2) is 54.9 Å². The Morgan fingerprint density at radius 2 is 1.67 bits per heavy atom. The van der Waals surface area contributed by atoms with Crippen LogP contribution in [0.25, 0.3) is 11.3 Å². The van der Waals surface area contributed by atoms with Crippen molar-refractivity contribution in [2.24, 2.45) is 0 Å². The van der Waals surface area contributed by atoms with Gasteiger partial charge in [-0.15, -0.1) is 0 Å². The molecule has 0 aliphatic rings. The Morgan fingerprint density at radius 3 is 2.30 bits per heavy atom. The molecule has 0 atom stereocenters. The molecule has 0 spiro atoms. The number of hydrogen-bond acceptors (Lipinski definition) is 6. The van der Waals surface area contributed by atoms with Crippen molar-refractivity contribution >= 4 is 17.5 Å². The zero-order valence-electron chi connectivity index (χ0n) is 14.0. The smallest absolute Gasteiger partial charge is 0.395 e. The number of rotatable bonds is 6. The zero-order chi connectivity index (χ0) is 19.3. The first-order chi connectivity index (χ1) is 13.0. The van der Waals surface area contributed by atoms with Gasteiger partial charge in [-0.1, -0.05) is 0 Å². The van der Waals surface area contributed by atoms with E-state index in [2.05, 4.69) is 25.6 Å². The minimum Gasteiger partial charge on any atom is -0.395 e. The number of alkyl halides is 3. The number of nitrogens with zero attached hydrogens (tertiary/aromatic N) is 3. The number of hydrogen-bond donors (Lipinski definition) is 3. The number of aliphatic hydroxyl groups excluding tert-OH is 1. The summed E-state index contributed by atoms with van der Waals surface area (Å²) < 4.78 is 38.1. The average molecular weight is 375 g/mol. The molecule has 0 aliphatic carbocycles. The van der Waals surface area contributed by atoms with Gasteiger partial charge in [-0.05, 0) is 36.4 Å². The second kappa shape index (κ2) is 8.00. The predicted octanol–water partition coefficient (Wildman–Crippen LogP) is 3.71. The molecule has 0 saturated heterocycles. The first kappa shape index (κ1) is 18.6. The van der Waals surface area contributed by atoms with E-state index < -0.39 is 11.7 Å². The molecule has 27 heavy (non-hydrogen) atoms. The number of aliphatic hydroxyl groups is 1. The van der Waals surface area contributed by atoms with E-state index in [0.717, 1.165) is 17.7 Å². The summed E-state index contributed by atoms with van der Waals surface area (Å²) in [6, 6.07) is 9.89. The van der Waals surface area contributed by atoms with Crippen LogP contribution in [-0.4, -0.2) is 33.2 Å². The van der Waals surface area contributed by atoms with E-state index in [1.165, 1.54) is 12.1 Å². The first-order valence-electron chi connectivity index (χ1n) is 8.04. The highest BCUT2D eigenvalue weighted by atomic mass is 19.4. The lowest BCUT2D eigenvalue weighted by molar-refractivity contribution is -0.137. The molecule has 0 aliphatic heterocycles. The Kier molecular flexibility index (Phi) is 5.51. The average Bonchev–Trinajstić information content (AvgIpc) is 2.66. The van der Waals surface area contributed by atoms with Crippen molar-refractivity contribution in [2.45, 2.75) is 6.18 Å².